The van der Waals surface area contributed by atoms with Crippen molar-refractivity contribution in [3.8, 4) is 0 Å². The molecule has 0 aromatic heterocycles. The highest BCUT2D eigenvalue weighted by atomic mass is 31.2. The first kappa shape index (κ1) is 97.0. The van der Waals surface area contributed by atoms with Gasteiger partial charge in [-0.2, -0.15) is 0 Å². The number of phosphoric ester groups is 2. The first-order chi connectivity index (χ1) is 48.7. The van der Waals surface area contributed by atoms with E-state index in [9.17, 15) is 43.2 Å². The molecule has 0 spiro atoms. The molecule has 0 aliphatic carbocycles. The summed E-state index contributed by atoms with van der Waals surface area (Å²) < 4.78 is 68.6. The number of unbranched alkanes of at least 4 members (excludes halogenated alkanes) is 44. The molecule has 0 rings (SSSR count). The number of ether oxygens (including phenoxy) is 4. The van der Waals surface area contributed by atoms with E-state index in [0.29, 0.717) is 25.7 Å². The summed E-state index contributed by atoms with van der Waals surface area (Å²) in [5.41, 5.74) is 0. The Morgan fingerprint density at radius 2 is 0.460 bits per heavy atom. The molecular weight excluding hydrogens is 1310 g/mol. The van der Waals surface area contributed by atoms with E-state index >= 15 is 0 Å². The highest BCUT2D eigenvalue weighted by Gasteiger charge is 2.30. The summed E-state index contributed by atoms with van der Waals surface area (Å²) in [5, 5.41) is 10.6. The smallest absolute Gasteiger partial charge is 0.462 e. The van der Waals surface area contributed by atoms with E-state index in [1.807, 2.05) is 0 Å². The molecule has 0 heterocycles. The van der Waals surface area contributed by atoms with Crippen LogP contribution in [0.2, 0.25) is 0 Å². The van der Waals surface area contributed by atoms with E-state index in [1.165, 1.54) is 154 Å². The number of hydrogen-bond donors (Lipinski definition) is 3. The van der Waals surface area contributed by atoms with Crippen LogP contribution < -0.4 is 0 Å². The van der Waals surface area contributed by atoms with Gasteiger partial charge in [0.1, 0.15) is 19.3 Å². The molecule has 4 atom stereocenters. The maximum Gasteiger partial charge on any atom is 0.472 e. The van der Waals surface area contributed by atoms with Gasteiger partial charge in [0.15, 0.2) is 12.2 Å². The van der Waals surface area contributed by atoms with Crippen LogP contribution in [0.1, 0.15) is 387 Å². The normalized spacial score (nSPS) is 14.1. The Morgan fingerprint density at radius 1 is 0.270 bits per heavy atom. The molecule has 0 aromatic carbocycles. The summed E-state index contributed by atoms with van der Waals surface area (Å²) >= 11 is 0. The number of esters is 4. The number of carbonyl (C=O) groups is 4. The van der Waals surface area contributed by atoms with Gasteiger partial charge < -0.3 is 33.8 Å². The number of allylic oxidation sites excluding steroid dienone is 8. The molecule has 0 bridgehead atoms. The minimum atomic E-state index is -4.97. The van der Waals surface area contributed by atoms with Crippen LogP contribution in [0.25, 0.3) is 0 Å². The molecule has 586 valence electrons. The first-order valence-electron chi connectivity index (χ1n) is 40.9. The fraction of sp³-hybridized carbons (Fsp3) is 0.852. The van der Waals surface area contributed by atoms with Gasteiger partial charge in [0.2, 0.25) is 0 Å². The molecule has 0 fully saturated rings. The average Bonchev–Trinajstić information content (AvgIpc) is 1.01. The summed E-state index contributed by atoms with van der Waals surface area (Å²) in [5.74, 6) is -2.17. The van der Waals surface area contributed by atoms with E-state index in [2.05, 4.69) is 76.3 Å². The Kier molecular flexibility index (Phi) is 72.1. The fourth-order valence-electron chi connectivity index (χ4n) is 11.4. The lowest BCUT2D eigenvalue weighted by Gasteiger charge is -2.21. The minimum absolute atomic E-state index is 0.0884. The zero-order valence-electron chi connectivity index (χ0n) is 64.1. The summed E-state index contributed by atoms with van der Waals surface area (Å²) in [7, 11) is -9.95. The zero-order chi connectivity index (χ0) is 73.2. The Hall–Kier alpha value is -2.98. The van der Waals surface area contributed by atoms with Crippen LogP contribution in [0.5, 0.6) is 0 Å². The van der Waals surface area contributed by atoms with E-state index < -0.39 is 97.5 Å². The lowest BCUT2D eigenvalue weighted by molar-refractivity contribution is -0.161. The molecule has 100 heavy (non-hydrogen) atoms. The monoisotopic (exact) mass is 1460 g/mol. The quantitative estimate of drug-likeness (QED) is 0.0169. The summed E-state index contributed by atoms with van der Waals surface area (Å²) in [4.78, 5) is 73.0. The number of hydrogen-bond acceptors (Lipinski definition) is 15. The third-order valence-electron chi connectivity index (χ3n) is 17.7. The number of rotatable bonds is 78. The molecule has 19 heteroatoms. The predicted molar refractivity (Wildman–Crippen MR) is 409 cm³/mol. The topological polar surface area (TPSA) is 237 Å². The van der Waals surface area contributed by atoms with Crippen molar-refractivity contribution < 1.29 is 80.2 Å². The van der Waals surface area contributed by atoms with Gasteiger partial charge in [-0.15, -0.1) is 0 Å². The van der Waals surface area contributed by atoms with Crippen molar-refractivity contribution in [2.75, 3.05) is 39.6 Å². The molecule has 4 unspecified atom stereocenters. The van der Waals surface area contributed by atoms with E-state index in [4.69, 9.17) is 37.0 Å². The lowest BCUT2D eigenvalue weighted by Crippen LogP contribution is -2.30. The van der Waals surface area contributed by atoms with Crippen LogP contribution in [-0.4, -0.2) is 96.7 Å². The van der Waals surface area contributed by atoms with Crippen LogP contribution in [0.4, 0.5) is 0 Å². The van der Waals surface area contributed by atoms with Gasteiger partial charge in [-0.3, -0.25) is 37.3 Å². The highest BCUT2D eigenvalue weighted by molar-refractivity contribution is 7.47. The van der Waals surface area contributed by atoms with Crippen LogP contribution in [0, 0.1) is 0 Å². The van der Waals surface area contributed by atoms with Gasteiger partial charge in [-0.1, -0.05) is 282 Å². The molecular formula is C81H150O17P2. The average molecular weight is 1460 g/mol. The van der Waals surface area contributed by atoms with Gasteiger partial charge >= 0.3 is 39.5 Å². The molecule has 0 amide bonds. The second kappa shape index (κ2) is 74.3. The maximum atomic E-state index is 13.1. The molecule has 0 aliphatic rings. The van der Waals surface area contributed by atoms with E-state index in [1.54, 1.807) is 0 Å². The lowest BCUT2D eigenvalue weighted by atomic mass is 10.1. The summed E-state index contributed by atoms with van der Waals surface area (Å²) in [6.07, 6.45) is 72.2. The third-order valence-corrected chi connectivity index (χ3v) is 19.6. The largest absolute Gasteiger partial charge is 0.472 e. The Morgan fingerprint density at radius 3 is 0.690 bits per heavy atom. The SMILES string of the molecule is CCCCCCCC/C=C/CCCCCCCC(=O)OCC(COP(=O)(O)OCC(O)COP(=O)(O)OCC(COC(=O)CCCCCCC/C=C/CCCCCCCC)OC(=O)CCCCCCC/C=C/CCCCCCCC)OC(=O)CCCCCCC/C=C/CCCCCCCC. The Balaban J connectivity index is 5.34. The molecule has 0 saturated heterocycles. The Bertz CT molecular complexity index is 1940. The molecule has 0 saturated carbocycles. The van der Waals surface area contributed by atoms with Crippen LogP contribution >= 0.6 is 15.6 Å². The standard InChI is InChI=1S/C81H150O17P2/c1-5-9-13-17-21-25-29-33-37-41-45-49-53-57-61-65-78(83)91-71-76(97-80(85)67-63-59-55-51-47-43-39-35-31-27-23-19-15-11-7-3)73-95-99(87,88)93-69-75(82)70-94-100(89,90)96-74-77(98-81(86)68-64-60-56-52-48-44-40-36-32-28-24-20-16-12-8-4)72-92-79(84)66-62-58-54-50-46-42-38-34-30-26-22-18-14-10-6-2/h33-40,75-77,82H,5-32,41-74H2,1-4H3,(H,87,88)(H,89,90)/b37-33+,38-34+,39-35+,40-36+. The van der Waals surface area contributed by atoms with Crippen molar-refractivity contribution in [3.63, 3.8) is 0 Å². The number of carbonyl (C=O) groups excluding carboxylic acids is 4. The van der Waals surface area contributed by atoms with E-state index in [-0.39, 0.29) is 25.7 Å². The van der Waals surface area contributed by atoms with Crippen molar-refractivity contribution in [2.24, 2.45) is 0 Å². The van der Waals surface area contributed by atoms with Gasteiger partial charge in [-0.05, 0) is 128 Å². The highest BCUT2D eigenvalue weighted by Crippen LogP contribution is 2.45. The van der Waals surface area contributed by atoms with E-state index in [0.717, 1.165) is 154 Å². The molecule has 0 aromatic rings. The molecule has 0 aliphatic heterocycles. The number of phosphoric acid groups is 2. The molecule has 17 nitrogen and oxygen atoms in total. The maximum absolute atomic E-state index is 13.1. The fourth-order valence-corrected chi connectivity index (χ4v) is 13.0. The van der Waals surface area contributed by atoms with Gasteiger partial charge in [0.25, 0.3) is 0 Å². The minimum Gasteiger partial charge on any atom is -0.462 e. The molecule has 0 radical (unpaired) electrons. The predicted octanol–water partition coefficient (Wildman–Crippen LogP) is 23.7. The van der Waals surface area contributed by atoms with Crippen LogP contribution in [-0.2, 0) is 65.4 Å². The molecule has 3 N–H and O–H groups in total. The second-order valence-corrected chi connectivity index (χ2v) is 30.6. The van der Waals surface area contributed by atoms with Gasteiger partial charge in [0.05, 0.1) is 26.4 Å². The van der Waals surface area contributed by atoms with Crippen molar-refractivity contribution in [1.29, 1.82) is 0 Å². The number of aliphatic hydroxyl groups is 1. The summed E-state index contributed by atoms with van der Waals surface area (Å²) in [6, 6.07) is 0. The van der Waals surface area contributed by atoms with Gasteiger partial charge in [-0.25, -0.2) is 9.13 Å². The zero-order valence-corrected chi connectivity index (χ0v) is 65.9. The van der Waals surface area contributed by atoms with Crippen LogP contribution in [0.3, 0.4) is 0 Å². The summed E-state index contributed by atoms with van der Waals surface area (Å²) in [6.45, 7) is 4.90. The Labute approximate surface area is 610 Å². The van der Waals surface area contributed by atoms with Crippen molar-refractivity contribution in [3.05, 3.63) is 48.6 Å². The van der Waals surface area contributed by atoms with Crippen LogP contribution in [0.15, 0.2) is 48.6 Å². The second-order valence-electron chi connectivity index (χ2n) is 27.7. The van der Waals surface area contributed by atoms with Gasteiger partial charge in [0, 0.05) is 25.7 Å². The first-order valence-corrected chi connectivity index (χ1v) is 43.9. The van der Waals surface area contributed by atoms with Crippen molar-refractivity contribution >= 4 is 39.5 Å². The number of aliphatic hydroxyl groups excluding tert-OH is 1. The third kappa shape index (κ3) is 73.3. The van der Waals surface area contributed by atoms with Crippen molar-refractivity contribution in [2.45, 2.75) is 406 Å². The van der Waals surface area contributed by atoms with Crippen molar-refractivity contribution in [1.82, 2.24) is 0 Å².